The van der Waals surface area contributed by atoms with Crippen LogP contribution in [0.25, 0.3) is 0 Å². The Balaban J connectivity index is 2.21. The molecule has 0 spiro atoms. The van der Waals surface area contributed by atoms with Crippen LogP contribution in [0, 0.1) is 5.92 Å². The molecule has 0 aliphatic carbocycles. The Bertz CT molecular complexity index is 683. The van der Waals surface area contributed by atoms with Crippen LogP contribution in [-0.2, 0) is 30.4 Å². The third kappa shape index (κ3) is 5.19. The van der Waals surface area contributed by atoms with Gasteiger partial charge < -0.3 is 19.3 Å². The fourth-order valence-corrected chi connectivity index (χ4v) is 2.87. The number of amides is 1. The zero-order valence-electron chi connectivity index (χ0n) is 15.9. The largest absolute Gasteiger partial charge is 0.469 e. The van der Waals surface area contributed by atoms with E-state index in [4.69, 9.17) is 14.2 Å². The number of methoxy groups -OCH3 is 1. The van der Waals surface area contributed by atoms with E-state index in [0.717, 1.165) is 10.5 Å². The number of aliphatic hydroxyl groups is 1. The second-order valence-corrected chi connectivity index (χ2v) is 7.27. The predicted octanol–water partition coefficient (Wildman–Crippen LogP) is 1.85. The van der Waals surface area contributed by atoms with Gasteiger partial charge in [-0.2, -0.15) is 0 Å². The number of esters is 2. The number of rotatable bonds is 4. The first-order chi connectivity index (χ1) is 12.6. The number of carbonyl (C=O) groups excluding carboxylic acids is 3. The highest BCUT2D eigenvalue weighted by atomic mass is 16.6. The van der Waals surface area contributed by atoms with E-state index in [0.29, 0.717) is 0 Å². The molecule has 1 aliphatic rings. The first-order valence-corrected chi connectivity index (χ1v) is 8.62. The molecule has 1 aromatic rings. The molecule has 0 aromatic heterocycles. The molecule has 1 heterocycles. The summed E-state index contributed by atoms with van der Waals surface area (Å²) in [6.07, 6.45) is -2.40. The molecule has 148 valence electrons. The summed E-state index contributed by atoms with van der Waals surface area (Å²) < 4.78 is 15.3. The summed E-state index contributed by atoms with van der Waals surface area (Å²) in [5.41, 5.74) is -0.0821. The Morgan fingerprint density at radius 1 is 1.15 bits per heavy atom. The lowest BCUT2D eigenvalue weighted by Crippen LogP contribution is -2.50. The van der Waals surface area contributed by atoms with Crippen LogP contribution in [0.3, 0.4) is 0 Å². The molecular weight excluding hydrogens is 354 g/mol. The van der Waals surface area contributed by atoms with Gasteiger partial charge in [-0.3, -0.25) is 9.69 Å². The molecule has 1 amide bonds. The van der Waals surface area contributed by atoms with Gasteiger partial charge in [0.05, 0.1) is 13.0 Å². The average Bonchev–Trinajstić information content (AvgIpc) is 2.96. The third-order valence-electron chi connectivity index (χ3n) is 4.04. The highest BCUT2D eigenvalue weighted by Gasteiger charge is 2.53. The van der Waals surface area contributed by atoms with Crippen LogP contribution in [0.15, 0.2) is 30.3 Å². The molecule has 27 heavy (non-hydrogen) atoms. The maximum atomic E-state index is 12.7. The van der Waals surface area contributed by atoms with Gasteiger partial charge in [0.15, 0.2) is 0 Å². The van der Waals surface area contributed by atoms with E-state index in [1.807, 2.05) is 6.07 Å². The summed E-state index contributed by atoms with van der Waals surface area (Å²) in [6.45, 7) is 4.96. The van der Waals surface area contributed by atoms with Crippen LogP contribution in [0.2, 0.25) is 0 Å². The Labute approximate surface area is 158 Å². The van der Waals surface area contributed by atoms with Crippen molar-refractivity contribution in [2.24, 2.45) is 5.92 Å². The number of likely N-dealkylation sites (tertiary alicyclic amines) is 1. The van der Waals surface area contributed by atoms with E-state index in [1.165, 1.54) is 7.11 Å². The topological polar surface area (TPSA) is 102 Å². The molecule has 1 saturated heterocycles. The van der Waals surface area contributed by atoms with Crippen molar-refractivity contribution in [3.63, 3.8) is 0 Å². The van der Waals surface area contributed by atoms with Gasteiger partial charge in [0.1, 0.15) is 24.5 Å². The van der Waals surface area contributed by atoms with E-state index in [1.54, 1.807) is 45.0 Å². The van der Waals surface area contributed by atoms with E-state index < -0.39 is 41.8 Å². The van der Waals surface area contributed by atoms with Crippen molar-refractivity contribution in [1.82, 2.24) is 4.90 Å². The first-order valence-electron chi connectivity index (χ1n) is 8.62. The highest BCUT2D eigenvalue weighted by molar-refractivity contribution is 5.89. The summed E-state index contributed by atoms with van der Waals surface area (Å²) in [4.78, 5) is 38.1. The zero-order chi connectivity index (χ0) is 20.2. The van der Waals surface area contributed by atoms with Crippen molar-refractivity contribution in [2.75, 3.05) is 7.11 Å². The Morgan fingerprint density at radius 3 is 2.33 bits per heavy atom. The van der Waals surface area contributed by atoms with Crippen molar-refractivity contribution in [2.45, 2.75) is 51.7 Å². The van der Waals surface area contributed by atoms with Gasteiger partial charge in [0.25, 0.3) is 0 Å². The van der Waals surface area contributed by atoms with Crippen LogP contribution >= 0.6 is 0 Å². The van der Waals surface area contributed by atoms with Gasteiger partial charge in [-0.25, -0.2) is 9.59 Å². The average molecular weight is 379 g/mol. The van der Waals surface area contributed by atoms with Crippen molar-refractivity contribution in [3.05, 3.63) is 35.9 Å². The number of hydrogen-bond donors (Lipinski definition) is 1. The molecule has 0 radical (unpaired) electrons. The molecule has 3 atom stereocenters. The van der Waals surface area contributed by atoms with Crippen molar-refractivity contribution >= 4 is 18.0 Å². The number of nitrogens with zero attached hydrogens (tertiary/aromatic N) is 1. The molecule has 8 heteroatoms. The third-order valence-corrected chi connectivity index (χ3v) is 4.04. The van der Waals surface area contributed by atoms with E-state index in [2.05, 4.69) is 0 Å². The molecule has 0 saturated carbocycles. The first kappa shape index (κ1) is 20.7. The smallest absolute Gasteiger partial charge is 0.413 e. The fourth-order valence-electron chi connectivity index (χ4n) is 2.87. The number of ether oxygens (including phenoxy) is 3. The molecule has 1 N–H and O–H groups in total. The maximum Gasteiger partial charge on any atom is 0.413 e. The quantitative estimate of drug-likeness (QED) is 0.629. The summed E-state index contributed by atoms with van der Waals surface area (Å²) >= 11 is 0. The van der Waals surface area contributed by atoms with E-state index in [9.17, 15) is 19.5 Å². The summed E-state index contributed by atoms with van der Waals surface area (Å²) in [5, 5.41) is 10.3. The standard InChI is InChI=1S/C19H25NO7/c1-19(2,3)27-18(24)20-14(21)10-13(16(22)25-4)15(20)17(23)26-11-12-8-6-5-7-9-12/h5-9,13-15,21H,10-11H2,1-4H3/t13?,14?,15-/m0/s1. The number of hydrogen-bond acceptors (Lipinski definition) is 7. The molecule has 2 rings (SSSR count). The highest BCUT2D eigenvalue weighted by Crippen LogP contribution is 2.32. The zero-order valence-corrected chi connectivity index (χ0v) is 15.9. The summed E-state index contributed by atoms with van der Waals surface area (Å²) in [6, 6.07) is 7.65. The number of carbonyl (C=O) groups is 3. The second-order valence-electron chi connectivity index (χ2n) is 7.27. The molecule has 1 fully saturated rings. The van der Waals surface area contributed by atoms with Crippen LogP contribution < -0.4 is 0 Å². The predicted molar refractivity (Wildman–Crippen MR) is 94.2 cm³/mol. The van der Waals surface area contributed by atoms with Crippen LogP contribution in [-0.4, -0.2) is 53.0 Å². The molecular formula is C19H25NO7. The second kappa shape index (κ2) is 8.39. The van der Waals surface area contributed by atoms with Gasteiger partial charge in [-0.05, 0) is 26.3 Å². The van der Waals surface area contributed by atoms with Crippen LogP contribution in [0.4, 0.5) is 4.79 Å². The monoisotopic (exact) mass is 379 g/mol. The number of benzene rings is 1. The van der Waals surface area contributed by atoms with Gasteiger partial charge in [-0.1, -0.05) is 30.3 Å². The minimum absolute atomic E-state index is 0.0255. The lowest BCUT2D eigenvalue weighted by molar-refractivity contribution is -0.159. The van der Waals surface area contributed by atoms with Crippen molar-refractivity contribution in [1.29, 1.82) is 0 Å². The van der Waals surface area contributed by atoms with Crippen molar-refractivity contribution in [3.8, 4) is 0 Å². The normalized spacial score (nSPS) is 22.3. The molecule has 1 aromatic carbocycles. The Hall–Kier alpha value is -2.61. The maximum absolute atomic E-state index is 12.7. The van der Waals surface area contributed by atoms with Gasteiger partial charge in [0.2, 0.25) is 0 Å². The van der Waals surface area contributed by atoms with Gasteiger partial charge >= 0.3 is 18.0 Å². The molecule has 1 aliphatic heterocycles. The number of aliphatic hydroxyl groups excluding tert-OH is 1. The molecule has 2 unspecified atom stereocenters. The van der Waals surface area contributed by atoms with Gasteiger partial charge in [-0.15, -0.1) is 0 Å². The minimum atomic E-state index is -1.36. The van der Waals surface area contributed by atoms with Gasteiger partial charge in [0, 0.05) is 6.42 Å². The lowest BCUT2D eigenvalue weighted by atomic mass is 10.0. The molecule has 8 nitrogen and oxygen atoms in total. The Morgan fingerprint density at radius 2 is 1.78 bits per heavy atom. The fraction of sp³-hybridized carbons (Fsp3) is 0.526. The van der Waals surface area contributed by atoms with Crippen LogP contribution in [0.5, 0.6) is 0 Å². The van der Waals surface area contributed by atoms with Crippen molar-refractivity contribution < 1.29 is 33.7 Å². The molecule has 0 bridgehead atoms. The minimum Gasteiger partial charge on any atom is -0.469 e. The lowest BCUT2D eigenvalue weighted by Gasteiger charge is -2.30. The summed E-state index contributed by atoms with van der Waals surface area (Å²) in [7, 11) is 1.18. The SMILES string of the molecule is COC(=O)C1CC(O)N(C(=O)OC(C)(C)C)[C@@H]1C(=O)OCc1ccccc1. The van der Waals surface area contributed by atoms with Crippen LogP contribution in [0.1, 0.15) is 32.8 Å². The van der Waals surface area contributed by atoms with E-state index >= 15 is 0 Å². The Kier molecular flexibility index (Phi) is 6.43. The summed E-state index contributed by atoms with van der Waals surface area (Å²) in [5.74, 6) is -2.56. The van der Waals surface area contributed by atoms with E-state index in [-0.39, 0.29) is 13.0 Å².